The maximum atomic E-state index is 14.0. The lowest BCUT2D eigenvalue weighted by atomic mass is 9.90. The Balaban J connectivity index is 2.51. The van der Waals surface area contributed by atoms with Crippen LogP contribution in [0, 0.1) is 5.82 Å². The smallest absolute Gasteiger partial charge is 0.267 e. The van der Waals surface area contributed by atoms with Gasteiger partial charge in [0.25, 0.3) is 5.56 Å². The Morgan fingerprint density at radius 3 is 2.62 bits per heavy atom. The fourth-order valence-corrected chi connectivity index (χ4v) is 2.42. The molecule has 2 aromatic heterocycles. The Morgan fingerprint density at radius 1 is 1.24 bits per heavy atom. The number of hydrogen-bond acceptors (Lipinski definition) is 3. The van der Waals surface area contributed by atoms with Crippen molar-refractivity contribution in [3.63, 3.8) is 0 Å². The molecule has 3 aromatic rings. The minimum atomic E-state index is -0.532. The topological polar surface area (TPSA) is 48.0 Å². The van der Waals surface area contributed by atoms with Crippen molar-refractivity contribution in [1.82, 2.24) is 9.72 Å². The van der Waals surface area contributed by atoms with Gasteiger partial charge >= 0.3 is 0 Å². The Labute approximate surface area is 120 Å². The van der Waals surface area contributed by atoms with Gasteiger partial charge in [0.2, 0.25) is 0 Å². The molecule has 0 bridgehead atoms. The van der Waals surface area contributed by atoms with Gasteiger partial charge in [-0.15, -0.1) is 0 Å². The van der Waals surface area contributed by atoms with Gasteiger partial charge in [0.1, 0.15) is 12.1 Å². The normalized spacial score (nSPS) is 12.0. The molecule has 0 unspecified atom stereocenters. The molecule has 0 radical (unpaired) electrons. The predicted octanol–water partition coefficient (Wildman–Crippen LogP) is 3.42. The van der Waals surface area contributed by atoms with Gasteiger partial charge < -0.3 is 4.52 Å². The summed E-state index contributed by atoms with van der Waals surface area (Å²) in [6, 6.07) is 8.04. The van der Waals surface area contributed by atoms with Crippen molar-refractivity contribution >= 4 is 10.8 Å². The van der Waals surface area contributed by atoms with Crippen LogP contribution < -0.4 is 5.56 Å². The van der Waals surface area contributed by atoms with Gasteiger partial charge in [-0.3, -0.25) is 9.36 Å². The molecular formula is C16H15FN2O2. The lowest BCUT2D eigenvalue weighted by Gasteiger charge is -2.23. The highest BCUT2D eigenvalue weighted by Gasteiger charge is 2.23. The first kappa shape index (κ1) is 13.5. The van der Waals surface area contributed by atoms with Crippen LogP contribution in [-0.4, -0.2) is 9.72 Å². The van der Waals surface area contributed by atoms with Crippen LogP contribution >= 0.6 is 0 Å². The molecule has 5 heteroatoms. The lowest BCUT2D eigenvalue weighted by molar-refractivity contribution is 0.413. The van der Waals surface area contributed by atoms with Crippen molar-refractivity contribution in [3.05, 3.63) is 58.5 Å². The van der Waals surface area contributed by atoms with Gasteiger partial charge in [-0.05, 0) is 17.5 Å². The summed E-state index contributed by atoms with van der Waals surface area (Å²) in [5.41, 5.74) is 0.0162. The second kappa shape index (κ2) is 4.55. The third-order valence-corrected chi connectivity index (χ3v) is 3.42. The number of pyridine rings is 1. The summed E-state index contributed by atoms with van der Waals surface area (Å²) >= 11 is 0. The minimum Gasteiger partial charge on any atom is -0.363 e. The van der Waals surface area contributed by atoms with Crippen LogP contribution in [0.2, 0.25) is 0 Å². The molecule has 0 atom stereocenters. The van der Waals surface area contributed by atoms with Crippen molar-refractivity contribution in [2.75, 3.05) is 0 Å². The summed E-state index contributed by atoms with van der Waals surface area (Å²) < 4.78 is 20.3. The van der Waals surface area contributed by atoms with E-state index in [1.54, 1.807) is 18.2 Å². The number of benzene rings is 1. The van der Waals surface area contributed by atoms with Gasteiger partial charge in [0, 0.05) is 17.2 Å². The summed E-state index contributed by atoms with van der Waals surface area (Å²) in [5.74, 6) is -0.176. The molecule has 0 fully saturated rings. The van der Waals surface area contributed by atoms with Crippen LogP contribution in [0.4, 0.5) is 4.39 Å². The van der Waals surface area contributed by atoms with E-state index in [1.807, 2.05) is 26.8 Å². The third kappa shape index (κ3) is 2.14. The first-order chi connectivity index (χ1) is 9.89. The molecule has 1 aromatic carbocycles. The quantitative estimate of drug-likeness (QED) is 0.688. The van der Waals surface area contributed by atoms with E-state index in [4.69, 9.17) is 4.52 Å². The first-order valence-corrected chi connectivity index (χ1v) is 6.65. The van der Waals surface area contributed by atoms with E-state index in [0.29, 0.717) is 11.2 Å². The van der Waals surface area contributed by atoms with E-state index >= 15 is 0 Å². The fraction of sp³-hybridized carbons (Fsp3) is 0.250. The van der Waals surface area contributed by atoms with Crippen LogP contribution in [0.15, 0.2) is 45.9 Å². The summed E-state index contributed by atoms with van der Waals surface area (Å²) in [4.78, 5) is 12.8. The SMILES string of the molecule is CC(C)(C)c1cc2cccc(F)c2c(=O)n1-c1ccon1. The van der Waals surface area contributed by atoms with E-state index in [2.05, 4.69) is 5.16 Å². The Kier molecular flexibility index (Phi) is 2.93. The monoisotopic (exact) mass is 286 g/mol. The number of halogens is 1. The zero-order valence-corrected chi connectivity index (χ0v) is 12.1. The van der Waals surface area contributed by atoms with Crippen LogP contribution in [0.1, 0.15) is 26.5 Å². The summed E-state index contributed by atoms with van der Waals surface area (Å²) in [6.45, 7) is 5.97. The van der Waals surface area contributed by atoms with Crippen molar-refractivity contribution in [2.24, 2.45) is 0 Å². The molecule has 0 aliphatic heterocycles. The third-order valence-electron chi connectivity index (χ3n) is 3.42. The Bertz CT molecular complexity index is 858. The number of fused-ring (bicyclic) bond motifs is 1. The Morgan fingerprint density at radius 2 is 2.00 bits per heavy atom. The maximum absolute atomic E-state index is 14.0. The molecule has 0 saturated carbocycles. The van der Waals surface area contributed by atoms with Gasteiger partial charge in [-0.1, -0.05) is 38.1 Å². The van der Waals surface area contributed by atoms with Gasteiger partial charge in [-0.25, -0.2) is 4.39 Å². The highest BCUT2D eigenvalue weighted by atomic mass is 19.1. The molecule has 108 valence electrons. The van der Waals surface area contributed by atoms with E-state index in [9.17, 15) is 9.18 Å². The van der Waals surface area contributed by atoms with Crippen molar-refractivity contribution in [1.29, 1.82) is 0 Å². The number of aromatic nitrogens is 2. The molecule has 0 aliphatic carbocycles. The molecule has 0 N–H and O–H groups in total. The van der Waals surface area contributed by atoms with Crippen LogP contribution in [0.3, 0.4) is 0 Å². The highest BCUT2D eigenvalue weighted by molar-refractivity contribution is 5.83. The van der Waals surface area contributed by atoms with E-state index in [-0.39, 0.29) is 10.8 Å². The molecule has 0 aliphatic rings. The molecular weight excluding hydrogens is 271 g/mol. The van der Waals surface area contributed by atoms with E-state index in [1.165, 1.54) is 16.9 Å². The number of hydrogen-bond donors (Lipinski definition) is 0. The zero-order valence-electron chi connectivity index (χ0n) is 12.1. The second-order valence-corrected chi connectivity index (χ2v) is 5.98. The average Bonchev–Trinajstić information content (AvgIpc) is 2.90. The second-order valence-electron chi connectivity index (χ2n) is 5.98. The summed E-state index contributed by atoms with van der Waals surface area (Å²) in [6.07, 6.45) is 1.39. The average molecular weight is 286 g/mol. The largest absolute Gasteiger partial charge is 0.363 e. The van der Waals surface area contributed by atoms with Crippen LogP contribution in [0.25, 0.3) is 16.6 Å². The summed E-state index contributed by atoms with van der Waals surface area (Å²) in [7, 11) is 0. The molecule has 3 rings (SSSR count). The van der Waals surface area contributed by atoms with Gasteiger partial charge in [0.15, 0.2) is 5.82 Å². The number of nitrogens with zero attached hydrogens (tertiary/aromatic N) is 2. The Hall–Kier alpha value is -2.43. The van der Waals surface area contributed by atoms with Crippen LogP contribution in [-0.2, 0) is 5.41 Å². The minimum absolute atomic E-state index is 0.0634. The molecule has 0 spiro atoms. The first-order valence-electron chi connectivity index (χ1n) is 6.65. The molecule has 0 amide bonds. The van der Waals surface area contributed by atoms with Crippen LogP contribution in [0.5, 0.6) is 0 Å². The van der Waals surface area contributed by atoms with Gasteiger partial charge in [-0.2, -0.15) is 0 Å². The fourth-order valence-electron chi connectivity index (χ4n) is 2.42. The molecule has 2 heterocycles. The molecule has 21 heavy (non-hydrogen) atoms. The van der Waals surface area contributed by atoms with Crippen molar-refractivity contribution in [2.45, 2.75) is 26.2 Å². The maximum Gasteiger partial charge on any atom is 0.267 e. The highest BCUT2D eigenvalue weighted by Crippen LogP contribution is 2.26. The van der Waals surface area contributed by atoms with E-state index < -0.39 is 11.4 Å². The number of rotatable bonds is 1. The molecule has 4 nitrogen and oxygen atoms in total. The van der Waals surface area contributed by atoms with Crippen molar-refractivity contribution in [3.8, 4) is 5.82 Å². The van der Waals surface area contributed by atoms with Crippen molar-refractivity contribution < 1.29 is 8.91 Å². The van der Waals surface area contributed by atoms with Gasteiger partial charge in [0.05, 0.1) is 5.39 Å². The summed E-state index contributed by atoms with van der Waals surface area (Å²) in [5, 5.41) is 4.47. The zero-order chi connectivity index (χ0) is 15.2. The lowest BCUT2D eigenvalue weighted by Crippen LogP contribution is -2.29. The standard InChI is InChI=1S/C16H15FN2O2/c1-16(2,3)12-9-10-5-4-6-11(17)14(10)15(20)19(12)13-7-8-21-18-13/h4-9H,1-3H3. The predicted molar refractivity (Wildman–Crippen MR) is 78.3 cm³/mol. The molecule has 0 saturated heterocycles. The van der Waals surface area contributed by atoms with E-state index in [0.717, 1.165) is 5.69 Å².